The quantitative estimate of drug-likeness (QED) is 0.737. The molecule has 1 aromatic carbocycles. The minimum Gasteiger partial charge on any atom is -0.296 e. The molecule has 0 atom stereocenters. The van der Waals surface area contributed by atoms with Gasteiger partial charge in [-0.1, -0.05) is 34.8 Å². The molecule has 0 saturated carbocycles. The van der Waals surface area contributed by atoms with E-state index in [0.717, 1.165) is 11.3 Å². The van der Waals surface area contributed by atoms with E-state index in [1.54, 1.807) is 17.8 Å². The summed E-state index contributed by atoms with van der Waals surface area (Å²) in [7, 11) is -1.87. The van der Waals surface area contributed by atoms with E-state index in [9.17, 15) is 8.42 Å². The zero-order chi connectivity index (χ0) is 19.1. The highest BCUT2D eigenvalue weighted by Crippen LogP contribution is 2.29. The molecule has 1 saturated heterocycles. The van der Waals surface area contributed by atoms with Crippen molar-refractivity contribution in [3.8, 4) is 0 Å². The van der Waals surface area contributed by atoms with Crippen LogP contribution in [0.5, 0.6) is 0 Å². The summed E-state index contributed by atoms with van der Waals surface area (Å²) >= 11 is 18.3. The molecule has 3 rings (SSSR count). The molecule has 1 aliphatic heterocycles. The maximum Gasteiger partial charge on any atom is 0.244 e. The van der Waals surface area contributed by atoms with Gasteiger partial charge in [-0.25, -0.2) is 8.42 Å². The van der Waals surface area contributed by atoms with Crippen LogP contribution in [0.1, 0.15) is 11.3 Å². The Bertz CT molecular complexity index is 922. The van der Waals surface area contributed by atoms with E-state index in [4.69, 9.17) is 34.8 Å². The fourth-order valence-corrected chi connectivity index (χ4v) is 5.41. The molecule has 10 heteroatoms. The fraction of sp³-hybridized carbons (Fsp3) is 0.438. The number of halogens is 3. The Morgan fingerprint density at radius 1 is 1.12 bits per heavy atom. The number of piperazine rings is 1. The molecule has 0 bridgehead atoms. The van der Waals surface area contributed by atoms with Gasteiger partial charge in [0, 0.05) is 50.4 Å². The summed E-state index contributed by atoms with van der Waals surface area (Å²) in [5, 5.41) is 5.44. The van der Waals surface area contributed by atoms with Crippen LogP contribution in [0.3, 0.4) is 0 Å². The number of sulfonamides is 1. The summed E-state index contributed by atoms with van der Waals surface area (Å²) in [4.78, 5) is 2.22. The average Bonchev–Trinajstić information content (AvgIpc) is 2.83. The van der Waals surface area contributed by atoms with E-state index < -0.39 is 10.0 Å². The number of nitrogens with zero attached hydrogens (tertiary/aromatic N) is 4. The molecular weight excluding hydrogens is 419 g/mol. The smallest absolute Gasteiger partial charge is 0.244 e. The average molecular weight is 438 g/mol. The molecule has 0 unspecified atom stereocenters. The van der Waals surface area contributed by atoms with Crippen LogP contribution in [0, 0.1) is 6.92 Å². The molecule has 0 spiro atoms. The maximum atomic E-state index is 12.9. The van der Waals surface area contributed by atoms with Gasteiger partial charge in [-0.05, 0) is 25.1 Å². The van der Waals surface area contributed by atoms with Gasteiger partial charge < -0.3 is 0 Å². The third-order valence-electron chi connectivity index (χ3n) is 4.49. The lowest BCUT2D eigenvalue weighted by atomic mass is 10.2. The number of rotatable bonds is 4. The minimum atomic E-state index is -3.68. The predicted octanol–water partition coefficient (Wildman–Crippen LogP) is 3.20. The third kappa shape index (κ3) is 3.88. The first-order valence-corrected chi connectivity index (χ1v) is 10.6. The van der Waals surface area contributed by atoms with Crippen molar-refractivity contribution >= 4 is 44.8 Å². The molecule has 6 nitrogen and oxygen atoms in total. The highest BCUT2D eigenvalue weighted by atomic mass is 35.5. The van der Waals surface area contributed by atoms with Gasteiger partial charge in [0.2, 0.25) is 10.0 Å². The summed E-state index contributed by atoms with van der Waals surface area (Å²) in [6.45, 7) is 4.52. The highest BCUT2D eigenvalue weighted by Gasteiger charge is 2.30. The van der Waals surface area contributed by atoms with Crippen LogP contribution in [0.15, 0.2) is 23.1 Å². The van der Waals surface area contributed by atoms with Crippen LogP contribution in [-0.2, 0) is 23.6 Å². The molecule has 1 aromatic heterocycles. The van der Waals surface area contributed by atoms with Crippen molar-refractivity contribution < 1.29 is 8.42 Å². The lowest BCUT2D eigenvalue weighted by Gasteiger charge is -2.34. The van der Waals surface area contributed by atoms with Crippen molar-refractivity contribution in [2.45, 2.75) is 18.4 Å². The Morgan fingerprint density at radius 3 is 2.35 bits per heavy atom. The molecule has 2 aromatic rings. The Hall–Kier alpha value is -0.830. The van der Waals surface area contributed by atoms with Crippen molar-refractivity contribution in [2.24, 2.45) is 7.05 Å². The highest BCUT2D eigenvalue weighted by molar-refractivity contribution is 7.89. The number of hydrogen-bond donors (Lipinski definition) is 0. The van der Waals surface area contributed by atoms with E-state index >= 15 is 0 Å². The zero-order valence-electron chi connectivity index (χ0n) is 14.4. The van der Waals surface area contributed by atoms with Crippen molar-refractivity contribution in [1.82, 2.24) is 19.0 Å². The lowest BCUT2D eigenvalue weighted by molar-refractivity contribution is 0.181. The second kappa shape index (κ2) is 7.66. The molecule has 0 aliphatic carbocycles. The molecule has 142 valence electrons. The van der Waals surface area contributed by atoms with Crippen LogP contribution in [0.25, 0.3) is 0 Å². The van der Waals surface area contributed by atoms with Gasteiger partial charge in [0.1, 0.15) is 10.0 Å². The second-order valence-electron chi connectivity index (χ2n) is 6.23. The summed E-state index contributed by atoms with van der Waals surface area (Å²) in [6.07, 6.45) is 0. The first-order valence-electron chi connectivity index (χ1n) is 8.05. The Balaban J connectivity index is 1.71. The Morgan fingerprint density at radius 2 is 1.77 bits per heavy atom. The largest absolute Gasteiger partial charge is 0.296 e. The van der Waals surface area contributed by atoms with Gasteiger partial charge in [0.15, 0.2) is 0 Å². The van der Waals surface area contributed by atoms with E-state index in [2.05, 4.69) is 10.00 Å². The minimum absolute atomic E-state index is 0.0475. The van der Waals surface area contributed by atoms with Gasteiger partial charge in [-0.2, -0.15) is 9.40 Å². The maximum absolute atomic E-state index is 12.9. The summed E-state index contributed by atoms with van der Waals surface area (Å²) in [6, 6.07) is 4.46. The van der Waals surface area contributed by atoms with Crippen molar-refractivity contribution in [3.63, 3.8) is 0 Å². The predicted molar refractivity (Wildman–Crippen MR) is 103 cm³/mol. The SMILES string of the molecule is Cc1nn(C)c(Cl)c1CN1CCN(S(=O)(=O)c2cc(Cl)ccc2Cl)CC1. The van der Waals surface area contributed by atoms with Gasteiger partial charge >= 0.3 is 0 Å². The van der Waals surface area contributed by atoms with Crippen LogP contribution < -0.4 is 0 Å². The molecule has 2 heterocycles. The summed E-state index contributed by atoms with van der Waals surface area (Å²) < 4.78 is 28.8. The molecule has 1 aliphatic rings. The van der Waals surface area contributed by atoms with Crippen LogP contribution >= 0.6 is 34.8 Å². The Labute approximate surface area is 168 Å². The normalized spacial score (nSPS) is 17.0. The van der Waals surface area contributed by atoms with Gasteiger partial charge in [-0.15, -0.1) is 0 Å². The number of aromatic nitrogens is 2. The van der Waals surface area contributed by atoms with Gasteiger partial charge in [0.05, 0.1) is 10.7 Å². The number of aryl methyl sites for hydroxylation is 2. The summed E-state index contributed by atoms with van der Waals surface area (Å²) in [5.74, 6) is 0. The van der Waals surface area contributed by atoms with Gasteiger partial charge in [0.25, 0.3) is 0 Å². The van der Waals surface area contributed by atoms with Crippen molar-refractivity contribution in [2.75, 3.05) is 26.2 Å². The lowest BCUT2D eigenvalue weighted by Crippen LogP contribution is -2.48. The Kier molecular flexibility index (Phi) is 5.86. The second-order valence-corrected chi connectivity index (χ2v) is 9.34. The number of benzene rings is 1. The molecule has 0 radical (unpaired) electrons. The van der Waals surface area contributed by atoms with E-state index in [0.29, 0.717) is 42.9 Å². The third-order valence-corrected chi connectivity index (χ3v) is 7.58. The molecule has 0 amide bonds. The fourth-order valence-electron chi connectivity index (χ4n) is 3.02. The standard InChI is InChI=1S/C16H19Cl3N4O2S/c1-11-13(16(19)21(2)20-11)10-22-5-7-23(8-6-22)26(24,25)15-9-12(17)3-4-14(15)18/h3-4,9H,5-8,10H2,1-2H3. The molecule has 1 fully saturated rings. The molecule has 26 heavy (non-hydrogen) atoms. The van der Waals surface area contributed by atoms with E-state index in [1.165, 1.54) is 16.4 Å². The van der Waals surface area contributed by atoms with Crippen LogP contribution in [0.4, 0.5) is 0 Å². The molecular formula is C16H19Cl3N4O2S. The first kappa shape index (κ1) is 19.9. The van der Waals surface area contributed by atoms with Crippen molar-refractivity contribution in [1.29, 1.82) is 0 Å². The monoisotopic (exact) mass is 436 g/mol. The van der Waals surface area contributed by atoms with Gasteiger partial charge in [-0.3, -0.25) is 9.58 Å². The number of hydrogen-bond acceptors (Lipinski definition) is 4. The van der Waals surface area contributed by atoms with E-state index in [1.807, 2.05) is 6.92 Å². The van der Waals surface area contributed by atoms with Crippen LogP contribution in [0.2, 0.25) is 15.2 Å². The van der Waals surface area contributed by atoms with Crippen LogP contribution in [-0.4, -0.2) is 53.6 Å². The van der Waals surface area contributed by atoms with Crippen molar-refractivity contribution in [3.05, 3.63) is 44.7 Å². The molecule has 0 N–H and O–H groups in total. The topological polar surface area (TPSA) is 58.4 Å². The van der Waals surface area contributed by atoms with E-state index in [-0.39, 0.29) is 9.92 Å². The zero-order valence-corrected chi connectivity index (χ0v) is 17.5. The first-order chi connectivity index (χ1) is 12.2. The summed E-state index contributed by atoms with van der Waals surface area (Å²) in [5.41, 5.74) is 1.86.